The summed E-state index contributed by atoms with van der Waals surface area (Å²) in [5, 5.41) is 13.8. The van der Waals surface area contributed by atoms with E-state index >= 15 is 0 Å². The van der Waals surface area contributed by atoms with Crippen LogP contribution in [0.2, 0.25) is 0 Å². The number of hydrogen-bond acceptors (Lipinski definition) is 6. The predicted molar refractivity (Wildman–Crippen MR) is 97.1 cm³/mol. The molecule has 0 spiro atoms. The minimum atomic E-state index is -0.312. The third-order valence-electron chi connectivity index (χ3n) is 4.34. The van der Waals surface area contributed by atoms with E-state index in [1.165, 1.54) is 4.90 Å². The molecule has 3 rings (SSSR count). The topological polar surface area (TPSA) is 105 Å². The molecule has 1 aliphatic heterocycles. The fourth-order valence-corrected chi connectivity index (χ4v) is 3.10. The van der Waals surface area contributed by atoms with E-state index in [1.54, 1.807) is 30.9 Å². The van der Waals surface area contributed by atoms with Gasteiger partial charge in [-0.25, -0.2) is 0 Å². The van der Waals surface area contributed by atoms with Gasteiger partial charge < -0.3 is 20.1 Å². The summed E-state index contributed by atoms with van der Waals surface area (Å²) in [6.45, 7) is 3.01. The van der Waals surface area contributed by atoms with Crippen LogP contribution in [0.4, 0.5) is 5.82 Å². The van der Waals surface area contributed by atoms with Gasteiger partial charge in [0.1, 0.15) is 5.76 Å². The van der Waals surface area contributed by atoms with Gasteiger partial charge in [-0.2, -0.15) is 5.10 Å². The maximum Gasteiger partial charge on any atom is 0.245 e. The molecule has 1 aliphatic rings. The molecular formula is C16H23ClN6O3. The number of amides is 2. The summed E-state index contributed by atoms with van der Waals surface area (Å²) in [5.41, 5.74) is 1.03. The Hall–Kier alpha value is -2.39. The minimum absolute atomic E-state index is 0. The van der Waals surface area contributed by atoms with Crippen molar-refractivity contribution in [2.75, 3.05) is 32.0 Å². The number of carbonyl (C=O) groups is 2. The summed E-state index contributed by atoms with van der Waals surface area (Å²) >= 11 is 0. The maximum atomic E-state index is 12.8. The highest BCUT2D eigenvalue weighted by Crippen LogP contribution is 2.29. The monoisotopic (exact) mass is 382 g/mol. The van der Waals surface area contributed by atoms with E-state index < -0.39 is 0 Å². The van der Waals surface area contributed by atoms with Crippen molar-refractivity contribution in [1.29, 1.82) is 0 Å². The number of aromatic nitrogens is 3. The molecule has 2 aromatic rings. The number of nitrogens with one attached hydrogen (secondary N) is 2. The lowest BCUT2D eigenvalue weighted by Gasteiger charge is -2.23. The molecule has 142 valence electrons. The van der Waals surface area contributed by atoms with Gasteiger partial charge in [0.25, 0.3) is 0 Å². The molecule has 2 N–H and O–H groups in total. The Balaban J connectivity index is 0.00000243. The highest BCUT2D eigenvalue weighted by atomic mass is 35.5. The SMILES string of the molecule is Cc1cc(NC(=O)CN(C)C(=O)[C@H]2CNC[C@@H]2c2cnn(C)c2)no1.Cl. The van der Waals surface area contributed by atoms with Crippen molar-refractivity contribution in [3.05, 3.63) is 29.8 Å². The molecule has 1 fully saturated rings. The smallest absolute Gasteiger partial charge is 0.245 e. The molecule has 3 heterocycles. The van der Waals surface area contributed by atoms with E-state index in [9.17, 15) is 9.59 Å². The summed E-state index contributed by atoms with van der Waals surface area (Å²) < 4.78 is 6.63. The van der Waals surface area contributed by atoms with Crippen molar-refractivity contribution in [2.45, 2.75) is 12.8 Å². The first-order chi connectivity index (χ1) is 11.9. The Morgan fingerprint density at radius 3 is 2.85 bits per heavy atom. The van der Waals surface area contributed by atoms with Crippen LogP contribution >= 0.6 is 12.4 Å². The molecule has 2 atom stereocenters. The van der Waals surface area contributed by atoms with Crippen LogP contribution in [0.25, 0.3) is 0 Å². The molecule has 9 nitrogen and oxygen atoms in total. The zero-order chi connectivity index (χ0) is 18.0. The molecule has 0 bridgehead atoms. The molecule has 2 amide bonds. The lowest BCUT2D eigenvalue weighted by Crippen LogP contribution is -2.40. The summed E-state index contributed by atoms with van der Waals surface area (Å²) in [5.74, 6) is 0.426. The van der Waals surface area contributed by atoms with Crippen LogP contribution in [-0.2, 0) is 16.6 Å². The number of hydrogen-bond donors (Lipinski definition) is 2. The first-order valence-electron chi connectivity index (χ1n) is 8.11. The van der Waals surface area contributed by atoms with Gasteiger partial charge in [0.2, 0.25) is 11.8 Å². The van der Waals surface area contributed by atoms with Crippen LogP contribution in [0.5, 0.6) is 0 Å². The largest absolute Gasteiger partial charge is 0.360 e. The van der Waals surface area contributed by atoms with E-state index in [0.29, 0.717) is 18.1 Å². The molecule has 0 aliphatic carbocycles. The van der Waals surface area contributed by atoms with Crippen LogP contribution in [0.15, 0.2) is 23.0 Å². The fourth-order valence-electron chi connectivity index (χ4n) is 3.10. The molecule has 2 aromatic heterocycles. The fraction of sp³-hybridized carbons (Fsp3) is 0.500. The van der Waals surface area contributed by atoms with Gasteiger partial charge in [0, 0.05) is 45.4 Å². The van der Waals surface area contributed by atoms with Crippen LogP contribution < -0.4 is 10.6 Å². The average Bonchev–Trinajstić information content (AvgIpc) is 3.27. The van der Waals surface area contributed by atoms with Crippen molar-refractivity contribution in [1.82, 2.24) is 25.2 Å². The van der Waals surface area contributed by atoms with E-state index in [1.807, 2.05) is 13.2 Å². The number of carbonyl (C=O) groups excluding carboxylic acids is 2. The Labute approximate surface area is 157 Å². The highest BCUT2D eigenvalue weighted by Gasteiger charge is 2.36. The predicted octanol–water partition coefficient (Wildman–Crippen LogP) is 0.538. The van der Waals surface area contributed by atoms with Crippen LogP contribution in [-0.4, -0.2) is 58.3 Å². The second-order valence-corrected chi connectivity index (χ2v) is 6.38. The summed E-state index contributed by atoms with van der Waals surface area (Å²) in [7, 11) is 3.49. The standard InChI is InChI=1S/C16H22N6O3.ClH/c1-10-4-14(20-25-10)19-15(23)9-21(2)16(24)13-7-17-6-12(13)11-5-18-22(3)8-11;/h4-5,8,12-13,17H,6-7,9H2,1-3H3,(H,19,20,23);1H/t12-,13+;/m1./s1. The van der Waals surface area contributed by atoms with Crippen LogP contribution in [0, 0.1) is 12.8 Å². The van der Waals surface area contributed by atoms with Crippen molar-refractivity contribution in [3.8, 4) is 0 Å². The third kappa shape index (κ3) is 4.41. The Kier molecular flexibility index (Phi) is 6.38. The van der Waals surface area contributed by atoms with Crippen molar-refractivity contribution >= 4 is 30.0 Å². The summed E-state index contributed by atoms with van der Waals surface area (Å²) in [6, 6.07) is 1.62. The van der Waals surface area contributed by atoms with Gasteiger partial charge in [-0.15, -0.1) is 12.4 Å². The van der Waals surface area contributed by atoms with Crippen molar-refractivity contribution in [3.63, 3.8) is 0 Å². The van der Waals surface area contributed by atoms with Gasteiger partial charge in [-0.3, -0.25) is 14.3 Å². The number of halogens is 1. The molecular weight excluding hydrogens is 360 g/mol. The molecule has 0 radical (unpaired) electrons. The number of aryl methyl sites for hydroxylation is 2. The molecule has 0 unspecified atom stereocenters. The lowest BCUT2D eigenvalue weighted by atomic mass is 9.90. The Morgan fingerprint density at radius 2 is 2.23 bits per heavy atom. The number of likely N-dealkylation sites (N-methyl/N-ethyl adjacent to an activating group) is 1. The second kappa shape index (κ2) is 8.33. The normalized spacial score (nSPS) is 19.0. The van der Waals surface area contributed by atoms with Crippen LogP contribution in [0.3, 0.4) is 0 Å². The quantitative estimate of drug-likeness (QED) is 0.781. The van der Waals surface area contributed by atoms with Crippen molar-refractivity contribution < 1.29 is 14.1 Å². The van der Waals surface area contributed by atoms with Gasteiger partial charge >= 0.3 is 0 Å². The minimum Gasteiger partial charge on any atom is -0.360 e. The van der Waals surface area contributed by atoms with E-state index in [0.717, 1.165) is 12.1 Å². The third-order valence-corrected chi connectivity index (χ3v) is 4.34. The maximum absolute atomic E-state index is 12.8. The highest BCUT2D eigenvalue weighted by molar-refractivity contribution is 5.94. The molecule has 10 heteroatoms. The zero-order valence-electron chi connectivity index (χ0n) is 14.9. The lowest BCUT2D eigenvalue weighted by molar-refractivity contribution is -0.136. The van der Waals surface area contributed by atoms with Gasteiger partial charge in [0.15, 0.2) is 5.82 Å². The Bertz CT molecular complexity index is 774. The number of nitrogens with zero attached hydrogens (tertiary/aromatic N) is 4. The van der Waals surface area contributed by atoms with Crippen LogP contribution in [0.1, 0.15) is 17.2 Å². The molecule has 26 heavy (non-hydrogen) atoms. The number of anilines is 1. The van der Waals surface area contributed by atoms with E-state index in [-0.39, 0.29) is 42.6 Å². The average molecular weight is 383 g/mol. The van der Waals surface area contributed by atoms with Gasteiger partial charge in [-0.1, -0.05) is 5.16 Å². The van der Waals surface area contributed by atoms with Gasteiger partial charge in [0.05, 0.1) is 18.7 Å². The summed E-state index contributed by atoms with van der Waals surface area (Å²) in [6.07, 6.45) is 3.72. The van der Waals surface area contributed by atoms with E-state index in [2.05, 4.69) is 20.9 Å². The molecule has 1 saturated heterocycles. The van der Waals surface area contributed by atoms with E-state index in [4.69, 9.17) is 4.52 Å². The summed E-state index contributed by atoms with van der Waals surface area (Å²) in [4.78, 5) is 26.3. The van der Waals surface area contributed by atoms with Crippen molar-refractivity contribution in [2.24, 2.45) is 13.0 Å². The Morgan fingerprint density at radius 1 is 1.46 bits per heavy atom. The molecule has 0 saturated carbocycles. The molecule has 0 aromatic carbocycles. The number of rotatable bonds is 5. The first kappa shape index (κ1) is 19.9. The van der Waals surface area contributed by atoms with Gasteiger partial charge in [-0.05, 0) is 12.5 Å². The zero-order valence-corrected chi connectivity index (χ0v) is 15.7. The second-order valence-electron chi connectivity index (χ2n) is 6.38. The first-order valence-corrected chi connectivity index (χ1v) is 8.11.